The van der Waals surface area contributed by atoms with Crippen molar-refractivity contribution in [2.75, 3.05) is 45.2 Å². The summed E-state index contributed by atoms with van der Waals surface area (Å²) in [4.78, 5) is 40.6. The minimum Gasteiger partial charge on any atom is -0.348 e. The predicted octanol–water partition coefficient (Wildman–Crippen LogP) is 1.41. The van der Waals surface area contributed by atoms with Crippen molar-refractivity contribution in [2.45, 2.75) is 32.1 Å². The van der Waals surface area contributed by atoms with Crippen LogP contribution in [0.2, 0.25) is 0 Å². The molecule has 146 valence electrons. The normalized spacial score (nSPS) is 27.9. The van der Waals surface area contributed by atoms with Crippen LogP contribution in [-0.4, -0.2) is 71.9 Å². The molecule has 7 heteroatoms. The summed E-state index contributed by atoms with van der Waals surface area (Å²) >= 11 is 0. The summed E-state index contributed by atoms with van der Waals surface area (Å²) in [5.41, 5.74) is -0.461. The van der Waals surface area contributed by atoms with Crippen LogP contribution in [0, 0.1) is 17.3 Å². The molecule has 4 rings (SSSR count). The standard InChI is InChI=1S/C20H29N5O2/c1-23(2)18(27)20-7-3-10-24(17(26)11-15-5-6-15)12-16(20)13-25(14-20)19-21-8-4-9-22-19/h4,8-9,15-16H,3,5-7,10-14H2,1-2H3/t16-,20-/m1/s1. The number of nitrogens with zero attached hydrogens (tertiary/aromatic N) is 5. The fourth-order valence-electron chi connectivity index (χ4n) is 4.76. The summed E-state index contributed by atoms with van der Waals surface area (Å²) in [5, 5.41) is 0. The van der Waals surface area contributed by atoms with E-state index in [9.17, 15) is 9.59 Å². The Hall–Kier alpha value is -2.18. The average molecular weight is 371 g/mol. The summed E-state index contributed by atoms with van der Waals surface area (Å²) in [6.45, 7) is 2.78. The Kier molecular flexibility index (Phi) is 4.78. The first-order valence-corrected chi connectivity index (χ1v) is 10.0. The highest BCUT2D eigenvalue weighted by Crippen LogP contribution is 2.45. The van der Waals surface area contributed by atoms with Gasteiger partial charge in [-0.2, -0.15) is 0 Å². The third-order valence-corrected chi connectivity index (χ3v) is 6.37. The second-order valence-corrected chi connectivity index (χ2v) is 8.57. The van der Waals surface area contributed by atoms with Gasteiger partial charge in [0.25, 0.3) is 0 Å². The molecule has 1 saturated carbocycles. The molecule has 0 spiro atoms. The highest BCUT2D eigenvalue weighted by molar-refractivity contribution is 5.85. The molecule has 27 heavy (non-hydrogen) atoms. The molecule has 0 unspecified atom stereocenters. The van der Waals surface area contributed by atoms with Crippen molar-refractivity contribution >= 4 is 17.8 Å². The molecule has 2 atom stereocenters. The van der Waals surface area contributed by atoms with Gasteiger partial charge in [0.2, 0.25) is 17.8 Å². The van der Waals surface area contributed by atoms with E-state index in [4.69, 9.17) is 0 Å². The van der Waals surface area contributed by atoms with E-state index >= 15 is 0 Å². The Labute approximate surface area is 160 Å². The number of aromatic nitrogens is 2. The minimum atomic E-state index is -0.461. The topological polar surface area (TPSA) is 69.6 Å². The van der Waals surface area contributed by atoms with Crippen LogP contribution < -0.4 is 4.90 Å². The van der Waals surface area contributed by atoms with Crippen molar-refractivity contribution in [2.24, 2.45) is 17.3 Å². The number of rotatable bonds is 4. The molecule has 0 N–H and O–H groups in total. The van der Waals surface area contributed by atoms with Crippen molar-refractivity contribution < 1.29 is 9.59 Å². The number of amides is 2. The molecule has 0 aromatic carbocycles. The Morgan fingerprint density at radius 2 is 1.96 bits per heavy atom. The molecule has 3 aliphatic rings. The second-order valence-electron chi connectivity index (χ2n) is 8.57. The number of carbonyl (C=O) groups excluding carboxylic acids is 2. The van der Waals surface area contributed by atoms with Gasteiger partial charge in [0, 0.05) is 65.0 Å². The molecule has 3 heterocycles. The molecule has 2 amide bonds. The maximum atomic E-state index is 13.3. The first-order chi connectivity index (χ1) is 13.0. The van der Waals surface area contributed by atoms with Gasteiger partial charge >= 0.3 is 0 Å². The molecule has 1 aromatic heterocycles. The van der Waals surface area contributed by atoms with Gasteiger partial charge < -0.3 is 14.7 Å². The van der Waals surface area contributed by atoms with Crippen LogP contribution in [0.25, 0.3) is 0 Å². The van der Waals surface area contributed by atoms with E-state index in [1.807, 2.05) is 19.0 Å². The third-order valence-electron chi connectivity index (χ3n) is 6.37. The van der Waals surface area contributed by atoms with Gasteiger partial charge in [-0.25, -0.2) is 9.97 Å². The predicted molar refractivity (Wildman–Crippen MR) is 102 cm³/mol. The summed E-state index contributed by atoms with van der Waals surface area (Å²) in [7, 11) is 3.66. The van der Waals surface area contributed by atoms with Crippen molar-refractivity contribution in [1.29, 1.82) is 0 Å². The second kappa shape index (κ2) is 7.09. The monoisotopic (exact) mass is 371 g/mol. The fourth-order valence-corrected chi connectivity index (χ4v) is 4.76. The van der Waals surface area contributed by atoms with Crippen LogP contribution in [0.15, 0.2) is 18.5 Å². The lowest BCUT2D eigenvalue weighted by molar-refractivity contribution is -0.142. The van der Waals surface area contributed by atoms with Crippen LogP contribution in [0.5, 0.6) is 0 Å². The number of anilines is 1. The molecule has 1 aliphatic carbocycles. The number of hydrogen-bond acceptors (Lipinski definition) is 5. The fraction of sp³-hybridized carbons (Fsp3) is 0.700. The lowest BCUT2D eigenvalue weighted by Crippen LogP contribution is -2.47. The number of fused-ring (bicyclic) bond motifs is 1. The highest BCUT2D eigenvalue weighted by Gasteiger charge is 2.54. The highest BCUT2D eigenvalue weighted by atomic mass is 16.2. The van der Waals surface area contributed by atoms with Gasteiger partial charge in [-0.15, -0.1) is 0 Å². The molecular weight excluding hydrogens is 342 g/mol. The van der Waals surface area contributed by atoms with E-state index in [1.54, 1.807) is 23.4 Å². The van der Waals surface area contributed by atoms with Gasteiger partial charge in [-0.1, -0.05) is 0 Å². The third kappa shape index (κ3) is 3.51. The van der Waals surface area contributed by atoms with Crippen molar-refractivity contribution in [3.05, 3.63) is 18.5 Å². The zero-order chi connectivity index (χ0) is 19.0. The zero-order valence-corrected chi connectivity index (χ0v) is 16.3. The van der Waals surface area contributed by atoms with Gasteiger partial charge in [-0.3, -0.25) is 9.59 Å². The Balaban J connectivity index is 1.59. The average Bonchev–Trinajstić information content (AvgIpc) is 3.44. The minimum absolute atomic E-state index is 0.113. The van der Waals surface area contributed by atoms with Crippen LogP contribution in [0.4, 0.5) is 5.95 Å². The lowest BCUT2D eigenvalue weighted by atomic mass is 9.74. The van der Waals surface area contributed by atoms with E-state index in [2.05, 4.69) is 14.9 Å². The maximum Gasteiger partial charge on any atom is 0.230 e. The van der Waals surface area contributed by atoms with Gasteiger partial charge in [0.15, 0.2) is 0 Å². The summed E-state index contributed by atoms with van der Waals surface area (Å²) in [6, 6.07) is 1.80. The van der Waals surface area contributed by atoms with E-state index in [0.717, 1.165) is 25.9 Å². The SMILES string of the molecule is CN(C)C(=O)[C@@]12CCCN(C(=O)CC3CC3)C[C@@H]1CN(c1ncccn1)C2. The quantitative estimate of drug-likeness (QED) is 0.800. The van der Waals surface area contributed by atoms with Gasteiger partial charge in [0.05, 0.1) is 5.41 Å². The molecule has 0 bridgehead atoms. The first kappa shape index (κ1) is 18.2. The van der Waals surface area contributed by atoms with Crippen LogP contribution in [0.3, 0.4) is 0 Å². The van der Waals surface area contributed by atoms with E-state index in [-0.39, 0.29) is 17.7 Å². The summed E-state index contributed by atoms with van der Waals surface area (Å²) in [6.07, 6.45) is 8.20. The van der Waals surface area contributed by atoms with Crippen LogP contribution in [-0.2, 0) is 9.59 Å². The zero-order valence-electron chi connectivity index (χ0n) is 16.3. The lowest BCUT2D eigenvalue weighted by Gasteiger charge is -2.34. The molecule has 2 aliphatic heterocycles. The Bertz CT molecular complexity index is 706. The van der Waals surface area contributed by atoms with E-state index < -0.39 is 5.41 Å². The summed E-state index contributed by atoms with van der Waals surface area (Å²) in [5.74, 6) is 1.81. The molecule has 0 radical (unpaired) electrons. The maximum absolute atomic E-state index is 13.3. The number of carbonyl (C=O) groups is 2. The molecular formula is C20H29N5O2. The number of hydrogen-bond donors (Lipinski definition) is 0. The number of likely N-dealkylation sites (tertiary alicyclic amines) is 1. The van der Waals surface area contributed by atoms with Crippen molar-refractivity contribution in [1.82, 2.24) is 19.8 Å². The van der Waals surface area contributed by atoms with E-state index in [0.29, 0.717) is 31.4 Å². The van der Waals surface area contributed by atoms with Gasteiger partial charge in [-0.05, 0) is 37.7 Å². The van der Waals surface area contributed by atoms with Crippen molar-refractivity contribution in [3.8, 4) is 0 Å². The summed E-state index contributed by atoms with van der Waals surface area (Å²) < 4.78 is 0. The largest absolute Gasteiger partial charge is 0.348 e. The first-order valence-electron chi connectivity index (χ1n) is 10.0. The molecule has 3 fully saturated rings. The van der Waals surface area contributed by atoms with Crippen molar-refractivity contribution in [3.63, 3.8) is 0 Å². The van der Waals surface area contributed by atoms with Crippen LogP contribution >= 0.6 is 0 Å². The Morgan fingerprint density at radius 1 is 1.22 bits per heavy atom. The van der Waals surface area contributed by atoms with Gasteiger partial charge in [0.1, 0.15) is 0 Å². The van der Waals surface area contributed by atoms with E-state index in [1.165, 1.54) is 12.8 Å². The molecule has 1 aromatic rings. The smallest absolute Gasteiger partial charge is 0.230 e. The Morgan fingerprint density at radius 3 is 2.63 bits per heavy atom. The molecule has 2 saturated heterocycles. The van der Waals surface area contributed by atoms with Crippen LogP contribution in [0.1, 0.15) is 32.1 Å². The molecule has 7 nitrogen and oxygen atoms in total.